The third-order valence-electron chi connectivity index (χ3n) is 16.7. The number of hydrogen-bond donors (Lipinski definition) is 0. The minimum absolute atomic E-state index is 0.0408. The maximum Gasteiger partial charge on any atom is 0.339 e. The summed E-state index contributed by atoms with van der Waals surface area (Å²) in [6, 6.07) is 17.0. The van der Waals surface area contributed by atoms with Crippen molar-refractivity contribution in [3.05, 3.63) is 83.4 Å². The molecule has 0 bridgehead atoms. The smallest absolute Gasteiger partial charge is 0.339 e. The fourth-order valence-corrected chi connectivity index (χ4v) is 13.7. The maximum absolute atomic E-state index is 13.9. The molecule has 3 aliphatic heterocycles. The molecule has 0 aromatic heterocycles. The molecule has 0 radical (unpaired) electrons. The standard InChI is InChI=1S/C50H62O11/c1-28-19-24-50(56-27-28)29(2)39-38(61-50)26-37-35-18-17-34-25-33(20-22-48(34,4)36(35)21-23-49(37,39)5)40-41(59-45(52)31-13-9-7-10-14-31)42(60-46(53)32-15-11-8-12-16-32)43(57-30(3)51)44(58-40)47(54)55-6/h7-17,28-29,33,35-44H,18-27H2,1-6H3/t28-,29+,33+,35-,36+,37+,38+,39+,40+,41+,42-,43+,44+,48+,49+,50-/m1/s1. The minimum Gasteiger partial charge on any atom is -0.467 e. The topological polar surface area (TPSA) is 133 Å². The van der Waals surface area contributed by atoms with Crippen molar-refractivity contribution in [1.82, 2.24) is 0 Å². The first-order valence-electron chi connectivity index (χ1n) is 22.7. The summed E-state index contributed by atoms with van der Waals surface area (Å²) < 4.78 is 43.8. The molecule has 0 amide bonds. The number of ether oxygens (including phenoxy) is 7. The number of fused-ring (bicyclic) bond motifs is 7. The van der Waals surface area contributed by atoms with E-state index in [2.05, 4.69) is 33.8 Å². The van der Waals surface area contributed by atoms with Crippen molar-refractivity contribution in [2.75, 3.05) is 13.7 Å². The van der Waals surface area contributed by atoms with Gasteiger partial charge in [-0.1, -0.05) is 75.7 Å². The Kier molecular flexibility index (Phi) is 11.3. The quantitative estimate of drug-likeness (QED) is 0.152. The molecule has 11 heteroatoms. The van der Waals surface area contributed by atoms with E-state index in [0.717, 1.165) is 51.6 Å². The summed E-state index contributed by atoms with van der Waals surface area (Å²) in [5.74, 6) is -0.494. The predicted molar refractivity (Wildman–Crippen MR) is 223 cm³/mol. The number of carbonyl (C=O) groups is 4. The largest absolute Gasteiger partial charge is 0.467 e. The van der Waals surface area contributed by atoms with Crippen molar-refractivity contribution >= 4 is 23.9 Å². The SMILES string of the molecule is COC(=O)[C@H]1O[C@@H]([C@H]2CC[C@@]3(C)C(=CC[C@H]4[C@@H]5C[C@@H]6O[C@]7(CC[C@@H](C)CO7)[C@@H](C)[C@@H]6[C@@]5(C)CC[C@@H]43)C2)[C@H](OC(=O)c2ccccc2)[C@@H](OC(=O)c2ccccc2)[C@@H]1OC(C)=O. The van der Waals surface area contributed by atoms with Gasteiger partial charge < -0.3 is 33.2 Å². The van der Waals surface area contributed by atoms with Gasteiger partial charge in [0.25, 0.3) is 0 Å². The summed E-state index contributed by atoms with van der Waals surface area (Å²) in [6.07, 6.45) is 5.07. The maximum atomic E-state index is 13.9. The lowest BCUT2D eigenvalue weighted by molar-refractivity contribution is -0.272. The Labute approximate surface area is 359 Å². The Morgan fingerprint density at radius 3 is 2.07 bits per heavy atom. The molecule has 6 fully saturated rings. The molecule has 0 N–H and O–H groups in total. The van der Waals surface area contributed by atoms with Crippen LogP contribution in [0, 0.1) is 52.3 Å². The van der Waals surface area contributed by atoms with Crippen molar-refractivity contribution in [1.29, 1.82) is 0 Å². The second-order valence-corrected chi connectivity index (χ2v) is 19.9. The van der Waals surface area contributed by atoms with E-state index >= 15 is 0 Å². The highest BCUT2D eigenvalue weighted by atomic mass is 16.7. The summed E-state index contributed by atoms with van der Waals surface area (Å²) in [6.45, 7) is 11.6. The fraction of sp³-hybridized carbons (Fsp3) is 0.640. The van der Waals surface area contributed by atoms with Crippen LogP contribution >= 0.6 is 0 Å². The average Bonchev–Trinajstić information content (AvgIpc) is 3.71. The molecule has 4 aliphatic carbocycles. The van der Waals surface area contributed by atoms with Gasteiger partial charge in [-0.05, 0) is 122 Å². The lowest BCUT2D eigenvalue weighted by Gasteiger charge is -2.59. The summed E-state index contributed by atoms with van der Waals surface area (Å²) in [5.41, 5.74) is 2.06. The lowest BCUT2D eigenvalue weighted by atomic mass is 9.46. The van der Waals surface area contributed by atoms with Gasteiger partial charge in [-0.2, -0.15) is 0 Å². The molecule has 2 aromatic carbocycles. The van der Waals surface area contributed by atoms with E-state index in [0.29, 0.717) is 47.5 Å². The molecule has 3 saturated carbocycles. The van der Waals surface area contributed by atoms with Crippen LogP contribution in [-0.4, -0.2) is 80.0 Å². The van der Waals surface area contributed by atoms with E-state index in [1.807, 2.05) is 0 Å². The Bertz CT molecular complexity index is 2010. The number of allylic oxidation sites excluding steroid dienone is 2. The predicted octanol–water partition coefficient (Wildman–Crippen LogP) is 8.29. The Morgan fingerprint density at radius 1 is 0.770 bits per heavy atom. The van der Waals surface area contributed by atoms with Gasteiger partial charge in [0, 0.05) is 19.3 Å². The van der Waals surface area contributed by atoms with Crippen molar-refractivity contribution in [3.63, 3.8) is 0 Å². The highest BCUT2D eigenvalue weighted by Gasteiger charge is 2.69. The van der Waals surface area contributed by atoms with Crippen LogP contribution in [0.4, 0.5) is 0 Å². The van der Waals surface area contributed by atoms with Crippen molar-refractivity contribution in [3.8, 4) is 0 Å². The summed E-state index contributed by atoms with van der Waals surface area (Å²) in [5, 5.41) is 0. The van der Waals surface area contributed by atoms with Crippen LogP contribution in [0.3, 0.4) is 0 Å². The van der Waals surface area contributed by atoms with Crippen molar-refractivity contribution in [2.45, 2.75) is 135 Å². The third-order valence-corrected chi connectivity index (χ3v) is 16.7. The zero-order valence-electron chi connectivity index (χ0n) is 36.4. The van der Waals surface area contributed by atoms with Gasteiger partial charge in [0.15, 0.2) is 30.2 Å². The van der Waals surface area contributed by atoms with E-state index in [1.165, 1.54) is 26.0 Å². The second-order valence-electron chi connectivity index (χ2n) is 19.9. The second kappa shape index (κ2) is 16.2. The lowest BCUT2D eigenvalue weighted by Crippen LogP contribution is -2.65. The average molecular weight is 839 g/mol. The molecule has 11 nitrogen and oxygen atoms in total. The highest BCUT2D eigenvalue weighted by Crippen LogP contribution is 2.71. The minimum atomic E-state index is -1.46. The van der Waals surface area contributed by atoms with Crippen LogP contribution in [0.5, 0.6) is 0 Å². The van der Waals surface area contributed by atoms with Crippen LogP contribution in [0.1, 0.15) is 113 Å². The van der Waals surface area contributed by atoms with Gasteiger partial charge in [0.1, 0.15) is 6.10 Å². The van der Waals surface area contributed by atoms with E-state index in [9.17, 15) is 19.2 Å². The number of benzene rings is 2. The van der Waals surface area contributed by atoms with Gasteiger partial charge >= 0.3 is 23.9 Å². The van der Waals surface area contributed by atoms with Crippen LogP contribution in [-0.2, 0) is 42.7 Å². The van der Waals surface area contributed by atoms with Crippen LogP contribution < -0.4 is 0 Å². The Hall–Kier alpha value is -4.06. The number of esters is 4. The van der Waals surface area contributed by atoms with Gasteiger partial charge in [0.2, 0.25) is 0 Å². The number of methoxy groups -OCH3 is 1. The monoisotopic (exact) mass is 838 g/mol. The van der Waals surface area contributed by atoms with Crippen molar-refractivity contribution < 1.29 is 52.3 Å². The molecule has 3 heterocycles. The molecule has 0 unspecified atom stereocenters. The molecular weight excluding hydrogens is 777 g/mol. The first kappa shape index (κ1) is 42.3. The third kappa shape index (κ3) is 7.24. The molecule has 3 saturated heterocycles. The summed E-state index contributed by atoms with van der Waals surface area (Å²) in [4.78, 5) is 54.0. The normalized spacial score (nSPS) is 42.5. The van der Waals surface area contributed by atoms with E-state index in [4.69, 9.17) is 33.2 Å². The molecule has 16 atom stereocenters. The zero-order valence-corrected chi connectivity index (χ0v) is 36.4. The van der Waals surface area contributed by atoms with Crippen LogP contribution in [0.2, 0.25) is 0 Å². The summed E-state index contributed by atoms with van der Waals surface area (Å²) in [7, 11) is 1.23. The van der Waals surface area contributed by atoms with E-state index < -0.39 is 60.2 Å². The first-order valence-corrected chi connectivity index (χ1v) is 22.7. The van der Waals surface area contributed by atoms with E-state index in [-0.39, 0.29) is 28.4 Å². The number of carbonyl (C=O) groups excluding carboxylic acids is 4. The van der Waals surface area contributed by atoms with Crippen molar-refractivity contribution in [2.24, 2.45) is 52.3 Å². The number of hydrogen-bond acceptors (Lipinski definition) is 11. The Balaban J connectivity index is 1.01. The molecular formula is C50H62O11. The van der Waals surface area contributed by atoms with Gasteiger partial charge in [-0.3, -0.25) is 4.79 Å². The zero-order chi connectivity index (χ0) is 42.8. The molecule has 9 rings (SSSR count). The highest BCUT2D eigenvalue weighted by molar-refractivity contribution is 5.90. The Morgan fingerprint density at radius 2 is 1.44 bits per heavy atom. The van der Waals surface area contributed by atoms with Crippen LogP contribution in [0.15, 0.2) is 72.3 Å². The van der Waals surface area contributed by atoms with Gasteiger partial charge in [-0.15, -0.1) is 0 Å². The number of rotatable bonds is 7. The first-order chi connectivity index (χ1) is 29.3. The van der Waals surface area contributed by atoms with E-state index in [1.54, 1.807) is 60.7 Å². The molecule has 2 aromatic rings. The van der Waals surface area contributed by atoms with Crippen LogP contribution in [0.25, 0.3) is 0 Å². The van der Waals surface area contributed by atoms with Gasteiger partial charge in [-0.25, -0.2) is 14.4 Å². The fourth-order valence-electron chi connectivity index (χ4n) is 13.7. The van der Waals surface area contributed by atoms with Gasteiger partial charge in [0.05, 0.1) is 30.9 Å². The summed E-state index contributed by atoms with van der Waals surface area (Å²) >= 11 is 0. The molecule has 328 valence electrons. The molecule has 61 heavy (non-hydrogen) atoms. The molecule has 1 spiro atoms. The molecule has 7 aliphatic rings.